The van der Waals surface area contributed by atoms with E-state index in [0.717, 1.165) is 5.56 Å². The first kappa shape index (κ1) is 20.3. The number of rotatable bonds is 6. The minimum Gasteiger partial charge on any atom is -0.497 e. The van der Waals surface area contributed by atoms with Crippen LogP contribution in [0.1, 0.15) is 17.5 Å². The number of hydrogen-bond donors (Lipinski definition) is 0. The zero-order valence-corrected chi connectivity index (χ0v) is 15.8. The maximum absolute atomic E-state index is 14.1. The second-order valence-corrected chi connectivity index (χ2v) is 6.64. The number of morpholine rings is 1. The molecule has 3 rings (SSSR count). The molecule has 1 fully saturated rings. The summed E-state index contributed by atoms with van der Waals surface area (Å²) in [5, 5.41) is 0. The van der Waals surface area contributed by atoms with Crippen LogP contribution in [0.4, 0.5) is 13.2 Å². The average Bonchev–Trinajstić information content (AvgIpc) is 2.71. The van der Waals surface area contributed by atoms with E-state index < -0.39 is 11.9 Å². The summed E-state index contributed by atoms with van der Waals surface area (Å²) in [7, 11) is 1.54. The zero-order chi connectivity index (χ0) is 20.0. The van der Waals surface area contributed by atoms with Crippen LogP contribution in [-0.4, -0.2) is 44.5 Å². The molecule has 150 valence electrons. The molecular weight excluding hydrogens is 367 g/mol. The Balaban J connectivity index is 2.03. The first-order valence-electron chi connectivity index (χ1n) is 9.30. The number of allylic oxidation sites excluding steroid dienone is 2. The molecular formula is C22H24F3NO2. The Kier molecular flexibility index (Phi) is 6.62. The van der Waals surface area contributed by atoms with Gasteiger partial charge in [0.05, 0.1) is 20.3 Å². The summed E-state index contributed by atoms with van der Waals surface area (Å²) in [6, 6.07) is 16.4. The predicted octanol–water partition coefficient (Wildman–Crippen LogP) is 4.93. The lowest BCUT2D eigenvalue weighted by atomic mass is 9.95. The van der Waals surface area contributed by atoms with E-state index in [0.29, 0.717) is 42.9 Å². The van der Waals surface area contributed by atoms with E-state index in [-0.39, 0.29) is 13.1 Å². The van der Waals surface area contributed by atoms with Gasteiger partial charge in [0.1, 0.15) is 11.4 Å². The summed E-state index contributed by atoms with van der Waals surface area (Å²) in [6.07, 6.45) is -3.61. The number of benzene rings is 2. The number of ether oxygens (including phenoxy) is 2. The van der Waals surface area contributed by atoms with Gasteiger partial charge in [0.2, 0.25) is 0 Å². The van der Waals surface area contributed by atoms with Gasteiger partial charge >= 0.3 is 6.18 Å². The van der Waals surface area contributed by atoms with Crippen LogP contribution in [0.15, 0.2) is 60.3 Å². The molecule has 0 aromatic heterocycles. The highest BCUT2D eigenvalue weighted by Crippen LogP contribution is 2.38. The monoisotopic (exact) mass is 391 g/mol. The first-order chi connectivity index (χ1) is 13.5. The summed E-state index contributed by atoms with van der Waals surface area (Å²) < 4.78 is 52.9. The van der Waals surface area contributed by atoms with Crippen molar-refractivity contribution >= 4 is 5.57 Å². The molecule has 1 heterocycles. The Morgan fingerprint density at radius 2 is 1.64 bits per heavy atom. The van der Waals surface area contributed by atoms with Crippen LogP contribution in [0, 0.1) is 0 Å². The molecule has 0 saturated carbocycles. The number of hydrogen-bond acceptors (Lipinski definition) is 3. The van der Waals surface area contributed by atoms with Gasteiger partial charge in [-0.05, 0) is 41.7 Å². The second kappa shape index (κ2) is 9.15. The quantitative estimate of drug-likeness (QED) is 0.697. The summed E-state index contributed by atoms with van der Waals surface area (Å²) in [5.41, 5.74) is 1.32. The highest BCUT2D eigenvalue weighted by atomic mass is 19.4. The molecule has 2 aromatic carbocycles. The molecule has 1 aliphatic rings. The first-order valence-corrected chi connectivity index (χ1v) is 9.30. The van der Waals surface area contributed by atoms with Gasteiger partial charge in [-0.2, -0.15) is 13.2 Å². The number of methoxy groups -OCH3 is 1. The Bertz CT molecular complexity index is 780. The van der Waals surface area contributed by atoms with Crippen molar-refractivity contribution < 1.29 is 22.6 Å². The van der Waals surface area contributed by atoms with Gasteiger partial charge in [0, 0.05) is 13.1 Å². The average molecular weight is 391 g/mol. The van der Waals surface area contributed by atoms with Gasteiger partial charge in [-0.25, -0.2) is 0 Å². The molecule has 1 saturated heterocycles. The van der Waals surface area contributed by atoms with E-state index in [4.69, 9.17) is 9.47 Å². The van der Waals surface area contributed by atoms with E-state index in [9.17, 15) is 13.2 Å². The maximum atomic E-state index is 14.1. The third-order valence-electron chi connectivity index (χ3n) is 4.83. The van der Waals surface area contributed by atoms with Crippen molar-refractivity contribution in [1.29, 1.82) is 0 Å². The SMILES string of the molecule is COc1ccc(/C(CCc2ccccc2)=C(/N2CCOCC2)C(F)(F)F)cc1. The van der Waals surface area contributed by atoms with Crippen molar-refractivity contribution in [2.75, 3.05) is 33.4 Å². The van der Waals surface area contributed by atoms with Gasteiger partial charge in [-0.3, -0.25) is 0 Å². The maximum Gasteiger partial charge on any atom is 0.431 e. The van der Waals surface area contributed by atoms with E-state index in [1.54, 1.807) is 24.3 Å². The summed E-state index contributed by atoms with van der Waals surface area (Å²) in [5.74, 6) is 0.617. The molecule has 3 nitrogen and oxygen atoms in total. The molecule has 0 spiro atoms. The van der Waals surface area contributed by atoms with Crippen molar-refractivity contribution in [3.8, 4) is 5.75 Å². The lowest BCUT2D eigenvalue weighted by Crippen LogP contribution is -2.41. The van der Waals surface area contributed by atoms with Gasteiger partial charge in [-0.1, -0.05) is 42.5 Å². The van der Waals surface area contributed by atoms with Crippen molar-refractivity contribution in [2.45, 2.75) is 19.0 Å². The molecule has 28 heavy (non-hydrogen) atoms. The molecule has 0 radical (unpaired) electrons. The molecule has 1 aliphatic heterocycles. The molecule has 0 aliphatic carbocycles. The minimum atomic E-state index is -4.44. The molecule has 6 heteroatoms. The lowest BCUT2D eigenvalue weighted by Gasteiger charge is -2.34. The third kappa shape index (κ3) is 5.07. The molecule has 0 unspecified atom stereocenters. The normalized spacial score (nSPS) is 15.9. The van der Waals surface area contributed by atoms with E-state index in [2.05, 4.69) is 0 Å². The molecule has 0 atom stereocenters. The highest BCUT2D eigenvalue weighted by molar-refractivity contribution is 5.70. The molecule has 0 amide bonds. The number of nitrogens with zero attached hydrogens (tertiary/aromatic N) is 1. The van der Waals surface area contributed by atoms with Crippen LogP contribution in [0.25, 0.3) is 5.57 Å². The summed E-state index contributed by atoms with van der Waals surface area (Å²) in [4.78, 5) is 1.41. The summed E-state index contributed by atoms with van der Waals surface area (Å²) >= 11 is 0. The minimum absolute atomic E-state index is 0.236. The van der Waals surface area contributed by atoms with Gasteiger partial charge in [0.25, 0.3) is 0 Å². The molecule has 0 bridgehead atoms. The van der Waals surface area contributed by atoms with Gasteiger partial charge in [-0.15, -0.1) is 0 Å². The van der Waals surface area contributed by atoms with E-state index in [1.165, 1.54) is 12.0 Å². The van der Waals surface area contributed by atoms with Gasteiger partial charge < -0.3 is 14.4 Å². The highest BCUT2D eigenvalue weighted by Gasteiger charge is 2.40. The van der Waals surface area contributed by atoms with E-state index >= 15 is 0 Å². The zero-order valence-electron chi connectivity index (χ0n) is 15.8. The largest absolute Gasteiger partial charge is 0.497 e. The second-order valence-electron chi connectivity index (χ2n) is 6.64. The fourth-order valence-electron chi connectivity index (χ4n) is 3.43. The van der Waals surface area contributed by atoms with Crippen LogP contribution in [0.3, 0.4) is 0 Å². The van der Waals surface area contributed by atoms with Crippen molar-refractivity contribution in [1.82, 2.24) is 4.90 Å². The Morgan fingerprint density at radius 1 is 1.00 bits per heavy atom. The fraction of sp³-hybridized carbons (Fsp3) is 0.364. The number of halogens is 3. The third-order valence-corrected chi connectivity index (χ3v) is 4.83. The van der Waals surface area contributed by atoms with Gasteiger partial charge in [0.15, 0.2) is 0 Å². The Labute approximate surface area is 163 Å². The van der Waals surface area contributed by atoms with Crippen molar-refractivity contribution in [3.63, 3.8) is 0 Å². The van der Waals surface area contributed by atoms with Crippen molar-refractivity contribution in [2.24, 2.45) is 0 Å². The standard InChI is InChI=1S/C22H24F3NO2/c1-27-19-10-8-18(9-11-19)20(12-7-17-5-3-2-4-6-17)21(22(23,24)25)26-13-15-28-16-14-26/h2-6,8-11H,7,12-16H2,1H3/b21-20+. The fourth-order valence-corrected chi connectivity index (χ4v) is 3.43. The van der Waals surface area contributed by atoms with Crippen LogP contribution in [0.5, 0.6) is 5.75 Å². The Morgan fingerprint density at radius 3 is 2.21 bits per heavy atom. The summed E-state index contributed by atoms with van der Waals surface area (Å²) in [6.45, 7) is 1.07. The van der Waals surface area contributed by atoms with Crippen molar-refractivity contribution in [3.05, 3.63) is 71.4 Å². The molecule has 2 aromatic rings. The van der Waals surface area contributed by atoms with Crippen LogP contribution in [0.2, 0.25) is 0 Å². The molecule has 0 N–H and O–H groups in total. The van der Waals surface area contributed by atoms with Crippen LogP contribution >= 0.6 is 0 Å². The smallest absolute Gasteiger partial charge is 0.431 e. The lowest BCUT2D eigenvalue weighted by molar-refractivity contribution is -0.117. The predicted molar refractivity (Wildman–Crippen MR) is 103 cm³/mol. The van der Waals surface area contributed by atoms with Crippen LogP contribution < -0.4 is 4.74 Å². The topological polar surface area (TPSA) is 21.7 Å². The number of aryl methyl sites for hydroxylation is 1. The van der Waals surface area contributed by atoms with E-state index in [1.807, 2.05) is 30.3 Å². The van der Waals surface area contributed by atoms with Crippen LogP contribution in [-0.2, 0) is 11.2 Å². The number of alkyl halides is 3. The Hall–Kier alpha value is -2.47.